The van der Waals surface area contributed by atoms with Crippen LogP contribution in [0.3, 0.4) is 0 Å². The molecule has 0 spiro atoms. The van der Waals surface area contributed by atoms with Gasteiger partial charge in [-0.1, -0.05) is 84.2 Å². The molecule has 0 aliphatic rings. The number of carbonyl (C=O) groups excluding carboxylic acids is 3. The van der Waals surface area contributed by atoms with Crippen LogP contribution in [0.4, 0.5) is 0 Å². The molecule has 162 valence electrons. The molecule has 0 unspecified atom stereocenters. The molecule has 0 atom stereocenters. The highest BCUT2D eigenvalue weighted by Gasteiger charge is 2.20. The average molecular weight is 627 g/mol. The largest absolute Gasteiger partial charge is 0.289 e. The van der Waals surface area contributed by atoms with E-state index in [1.807, 2.05) is 18.2 Å². The highest BCUT2D eigenvalue weighted by atomic mass is 79.9. The average Bonchev–Trinajstić information content (AvgIpc) is 2.82. The summed E-state index contributed by atoms with van der Waals surface area (Å²) in [6, 6.07) is 25.6. The van der Waals surface area contributed by atoms with Crippen molar-refractivity contribution in [2.75, 3.05) is 0 Å². The number of halogens is 3. The van der Waals surface area contributed by atoms with Crippen LogP contribution in [0.2, 0.25) is 0 Å². The van der Waals surface area contributed by atoms with Crippen LogP contribution in [0.5, 0.6) is 0 Å². The van der Waals surface area contributed by atoms with Gasteiger partial charge in [-0.3, -0.25) is 14.4 Å². The minimum Gasteiger partial charge on any atom is -0.289 e. The first-order chi connectivity index (χ1) is 15.8. The second-order valence-corrected chi connectivity index (χ2v) is 10.1. The van der Waals surface area contributed by atoms with Gasteiger partial charge in [0.1, 0.15) is 0 Å². The zero-order chi connectivity index (χ0) is 23.5. The number of rotatable bonds is 6. The van der Waals surface area contributed by atoms with E-state index in [9.17, 15) is 14.4 Å². The van der Waals surface area contributed by atoms with E-state index in [0.717, 1.165) is 13.4 Å². The summed E-state index contributed by atoms with van der Waals surface area (Å²) in [5, 5.41) is 0. The summed E-state index contributed by atoms with van der Waals surface area (Å²) in [4.78, 5) is 39.8. The molecular formula is C27H15Br3O3. The van der Waals surface area contributed by atoms with Gasteiger partial charge in [0.15, 0.2) is 17.3 Å². The first-order valence-electron chi connectivity index (χ1n) is 9.88. The van der Waals surface area contributed by atoms with Gasteiger partial charge in [-0.15, -0.1) is 0 Å². The molecule has 0 aromatic heterocycles. The van der Waals surface area contributed by atoms with Crippen LogP contribution in [-0.4, -0.2) is 17.3 Å². The highest BCUT2D eigenvalue weighted by molar-refractivity contribution is 9.11. The lowest BCUT2D eigenvalue weighted by molar-refractivity contribution is 0.103. The maximum Gasteiger partial charge on any atom is 0.193 e. The lowest BCUT2D eigenvalue weighted by atomic mass is 9.92. The third-order valence-corrected chi connectivity index (χ3v) is 6.46. The van der Waals surface area contributed by atoms with Gasteiger partial charge in [-0.2, -0.15) is 0 Å². The normalized spacial score (nSPS) is 10.6. The molecule has 4 aromatic rings. The summed E-state index contributed by atoms with van der Waals surface area (Å²) in [7, 11) is 0. The van der Waals surface area contributed by atoms with E-state index in [1.165, 1.54) is 0 Å². The molecule has 3 nitrogen and oxygen atoms in total. The van der Waals surface area contributed by atoms with Crippen molar-refractivity contribution in [3.63, 3.8) is 0 Å². The zero-order valence-electron chi connectivity index (χ0n) is 17.0. The quantitative estimate of drug-likeness (QED) is 0.207. The third-order valence-electron chi connectivity index (χ3n) is 4.98. The second kappa shape index (κ2) is 10.1. The van der Waals surface area contributed by atoms with Crippen LogP contribution >= 0.6 is 47.8 Å². The zero-order valence-corrected chi connectivity index (χ0v) is 21.8. The van der Waals surface area contributed by atoms with Crippen LogP contribution in [0.15, 0.2) is 104 Å². The van der Waals surface area contributed by atoms with E-state index in [2.05, 4.69) is 47.8 Å². The van der Waals surface area contributed by atoms with Crippen molar-refractivity contribution in [2.24, 2.45) is 0 Å². The summed E-state index contributed by atoms with van der Waals surface area (Å²) in [6.45, 7) is 0. The molecule has 0 saturated carbocycles. The summed E-state index contributed by atoms with van der Waals surface area (Å²) in [5.41, 5.74) is 2.18. The number of carbonyl (C=O) groups is 3. The first kappa shape index (κ1) is 23.5. The van der Waals surface area contributed by atoms with Crippen LogP contribution in [0.25, 0.3) is 0 Å². The molecule has 0 fully saturated rings. The molecule has 4 rings (SSSR count). The van der Waals surface area contributed by atoms with E-state index < -0.39 is 0 Å². The standard InChI is InChI=1S/C27H15Br3O3/c28-22-7-1-4-16(13-22)25(31)19-10-20(26(32)17-5-2-8-23(29)14-17)12-21(11-19)27(33)18-6-3-9-24(30)15-18/h1-15H. The van der Waals surface area contributed by atoms with Crippen LogP contribution in [-0.2, 0) is 0 Å². The summed E-state index contributed by atoms with van der Waals surface area (Å²) in [5.74, 6) is -0.824. The van der Waals surface area contributed by atoms with Crippen molar-refractivity contribution in [1.29, 1.82) is 0 Å². The molecule has 33 heavy (non-hydrogen) atoms. The fourth-order valence-corrected chi connectivity index (χ4v) is 4.61. The smallest absolute Gasteiger partial charge is 0.193 e. The van der Waals surface area contributed by atoms with Gasteiger partial charge in [0.25, 0.3) is 0 Å². The van der Waals surface area contributed by atoms with Gasteiger partial charge in [-0.25, -0.2) is 0 Å². The number of hydrogen-bond acceptors (Lipinski definition) is 3. The Hall–Kier alpha value is -2.67. The summed E-state index contributed by atoms with van der Waals surface area (Å²) in [6.07, 6.45) is 0. The monoisotopic (exact) mass is 624 g/mol. The van der Waals surface area contributed by atoms with Gasteiger partial charge in [0.05, 0.1) is 0 Å². The highest BCUT2D eigenvalue weighted by Crippen LogP contribution is 2.23. The molecule has 0 amide bonds. The van der Waals surface area contributed by atoms with Crippen LogP contribution < -0.4 is 0 Å². The van der Waals surface area contributed by atoms with Gasteiger partial charge in [-0.05, 0) is 54.6 Å². The van der Waals surface area contributed by atoms with E-state index in [0.29, 0.717) is 16.7 Å². The molecule has 0 N–H and O–H groups in total. The minimum atomic E-state index is -0.275. The Morgan fingerprint density at radius 3 is 0.909 bits per heavy atom. The fourth-order valence-electron chi connectivity index (χ4n) is 3.41. The number of ketones is 3. The maximum atomic E-state index is 13.3. The summed E-state index contributed by atoms with van der Waals surface area (Å²) >= 11 is 10.2. The lowest BCUT2D eigenvalue weighted by Crippen LogP contribution is -2.10. The Labute approximate surface area is 216 Å². The predicted octanol–water partition coefficient (Wildman–Crippen LogP) is 7.67. The van der Waals surface area contributed by atoms with Crippen molar-refractivity contribution >= 4 is 65.1 Å². The molecule has 0 bridgehead atoms. The topological polar surface area (TPSA) is 51.2 Å². The molecule has 0 heterocycles. The van der Waals surface area contributed by atoms with Crippen molar-refractivity contribution in [3.8, 4) is 0 Å². The van der Waals surface area contributed by atoms with E-state index in [4.69, 9.17) is 0 Å². The van der Waals surface area contributed by atoms with Crippen molar-refractivity contribution in [1.82, 2.24) is 0 Å². The van der Waals surface area contributed by atoms with Crippen molar-refractivity contribution < 1.29 is 14.4 Å². The molecular weight excluding hydrogens is 612 g/mol. The molecule has 6 heteroatoms. The predicted molar refractivity (Wildman–Crippen MR) is 139 cm³/mol. The molecule has 4 aromatic carbocycles. The van der Waals surface area contributed by atoms with Crippen molar-refractivity contribution in [3.05, 3.63) is 138 Å². The SMILES string of the molecule is O=C(c1cccc(Br)c1)c1cc(C(=O)c2cccc(Br)c2)cc(C(=O)c2cccc(Br)c2)c1. The van der Waals surface area contributed by atoms with Gasteiger partial charge in [0, 0.05) is 46.8 Å². The number of hydrogen-bond donors (Lipinski definition) is 0. The minimum absolute atomic E-state index is 0.271. The molecule has 0 saturated heterocycles. The summed E-state index contributed by atoms with van der Waals surface area (Å²) < 4.78 is 2.29. The van der Waals surface area contributed by atoms with Crippen molar-refractivity contribution in [2.45, 2.75) is 0 Å². The lowest BCUT2D eigenvalue weighted by Gasteiger charge is -2.10. The van der Waals surface area contributed by atoms with E-state index >= 15 is 0 Å². The Kier molecular flexibility index (Phi) is 7.17. The Morgan fingerprint density at radius 2 is 0.667 bits per heavy atom. The third kappa shape index (κ3) is 5.46. The Bertz CT molecular complexity index is 1230. The maximum absolute atomic E-state index is 13.3. The van der Waals surface area contributed by atoms with Gasteiger partial charge in [0.2, 0.25) is 0 Å². The van der Waals surface area contributed by atoms with E-state index in [1.54, 1.807) is 72.8 Å². The second-order valence-electron chi connectivity index (χ2n) is 7.32. The van der Waals surface area contributed by atoms with Gasteiger partial charge < -0.3 is 0 Å². The fraction of sp³-hybridized carbons (Fsp3) is 0. The Balaban J connectivity index is 1.85. The van der Waals surface area contributed by atoms with E-state index in [-0.39, 0.29) is 34.0 Å². The van der Waals surface area contributed by atoms with Crippen LogP contribution in [0, 0.1) is 0 Å². The molecule has 0 aliphatic carbocycles. The first-order valence-corrected chi connectivity index (χ1v) is 12.3. The van der Waals surface area contributed by atoms with Crippen LogP contribution in [0.1, 0.15) is 47.8 Å². The Morgan fingerprint density at radius 1 is 0.394 bits per heavy atom. The molecule has 0 radical (unpaired) electrons. The molecule has 0 aliphatic heterocycles. The number of benzene rings is 4. The van der Waals surface area contributed by atoms with Gasteiger partial charge >= 0.3 is 0 Å².